The minimum absolute atomic E-state index is 0.0451. The monoisotopic (exact) mass is 370 g/mol. The van der Waals surface area contributed by atoms with Gasteiger partial charge in [-0.15, -0.1) is 5.10 Å². The lowest BCUT2D eigenvalue weighted by Crippen LogP contribution is -2.43. The topological polar surface area (TPSA) is 84.2 Å². The zero-order valence-corrected chi connectivity index (χ0v) is 15.7. The maximum atomic E-state index is 12.7. The second-order valence-electron chi connectivity index (χ2n) is 6.84. The van der Waals surface area contributed by atoms with Gasteiger partial charge in [0, 0.05) is 45.1 Å². The van der Waals surface area contributed by atoms with Gasteiger partial charge >= 0.3 is 0 Å². The van der Waals surface area contributed by atoms with Gasteiger partial charge in [0.1, 0.15) is 6.33 Å². The van der Waals surface area contributed by atoms with Crippen molar-refractivity contribution >= 4 is 11.8 Å². The van der Waals surface area contributed by atoms with Crippen molar-refractivity contribution in [2.24, 2.45) is 0 Å². The molecule has 0 unspecified atom stereocenters. The smallest absolute Gasteiger partial charge is 0.224 e. The van der Waals surface area contributed by atoms with Crippen LogP contribution >= 0.6 is 0 Å². The van der Waals surface area contributed by atoms with Crippen molar-refractivity contribution in [3.05, 3.63) is 42.2 Å². The van der Waals surface area contributed by atoms with Gasteiger partial charge in [-0.3, -0.25) is 9.59 Å². The molecule has 1 fully saturated rings. The van der Waals surface area contributed by atoms with E-state index in [0.29, 0.717) is 45.4 Å². The number of tetrazole rings is 1. The van der Waals surface area contributed by atoms with Crippen LogP contribution < -0.4 is 0 Å². The number of aryl methyl sites for hydroxylation is 1. The first-order valence-corrected chi connectivity index (χ1v) is 9.49. The van der Waals surface area contributed by atoms with Gasteiger partial charge in [-0.25, -0.2) is 4.68 Å². The first-order chi connectivity index (χ1) is 13.2. The van der Waals surface area contributed by atoms with Gasteiger partial charge in [-0.1, -0.05) is 37.3 Å². The molecule has 8 heteroatoms. The molecule has 0 aliphatic carbocycles. The molecule has 2 heterocycles. The molecule has 0 bridgehead atoms. The molecule has 0 radical (unpaired) electrons. The highest BCUT2D eigenvalue weighted by Gasteiger charge is 2.30. The Morgan fingerprint density at radius 1 is 1.26 bits per heavy atom. The van der Waals surface area contributed by atoms with Gasteiger partial charge in [-0.05, 0) is 28.8 Å². The number of hydrogen-bond acceptors (Lipinski definition) is 5. The fraction of sp³-hybridized carbons (Fsp3) is 0.526. The summed E-state index contributed by atoms with van der Waals surface area (Å²) in [5.41, 5.74) is 1.12. The maximum absolute atomic E-state index is 12.7. The number of aromatic nitrogens is 4. The van der Waals surface area contributed by atoms with Crippen LogP contribution in [-0.4, -0.2) is 61.0 Å². The highest BCUT2D eigenvalue weighted by Crippen LogP contribution is 2.18. The molecular weight excluding hydrogens is 344 g/mol. The normalized spacial score (nSPS) is 17.8. The number of nitrogens with zero attached hydrogens (tertiary/aromatic N) is 6. The highest BCUT2D eigenvalue weighted by atomic mass is 16.2. The maximum Gasteiger partial charge on any atom is 0.224 e. The molecule has 0 N–H and O–H groups in total. The summed E-state index contributed by atoms with van der Waals surface area (Å²) in [5, 5.41) is 11.0. The summed E-state index contributed by atoms with van der Waals surface area (Å²) in [6.07, 6.45) is 3.86. The van der Waals surface area contributed by atoms with Gasteiger partial charge < -0.3 is 9.80 Å². The largest absolute Gasteiger partial charge is 0.340 e. The summed E-state index contributed by atoms with van der Waals surface area (Å²) in [6.45, 7) is 4.37. The molecule has 0 saturated carbocycles. The van der Waals surface area contributed by atoms with E-state index in [1.165, 1.54) is 0 Å². The van der Waals surface area contributed by atoms with Crippen molar-refractivity contribution in [1.82, 2.24) is 30.0 Å². The molecule has 0 spiro atoms. The van der Waals surface area contributed by atoms with Gasteiger partial charge in [0.25, 0.3) is 0 Å². The van der Waals surface area contributed by atoms with Crippen LogP contribution in [0.4, 0.5) is 0 Å². The summed E-state index contributed by atoms with van der Waals surface area (Å²) < 4.78 is 1.62. The lowest BCUT2D eigenvalue weighted by molar-refractivity contribution is -0.133. The Balaban J connectivity index is 1.58. The lowest BCUT2D eigenvalue weighted by Gasteiger charge is -2.31. The summed E-state index contributed by atoms with van der Waals surface area (Å²) in [5.74, 6) is 0.213. The molecule has 8 nitrogen and oxygen atoms in total. The van der Waals surface area contributed by atoms with Crippen LogP contribution in [0.2, 0.25) is 0 Å². The highest BCUT2D eigenvalue weighted by molar-refractivity contribution is 5.80. The molecule has 1 aliphatic rings. The molecule has 1 saturated heterocycles. The molecule has 2 aromatic rings. The SMILES string of the molecule is CC[C@H]1CN(C(=O)CCCn2cnnn2)CCC(=O)N1Cc1ccccc1. The van der Waals surface area contributed by atoms with E-state index < -0.39 is 0 Å². The standard InChI is InChI=1S/C19H26N6O2/c1-2-17-14-23(18(26)9-6-11-24-15-20-21-22-24)12-10-19(27)25(17)13-16-7-4-3-5-8-16/h3-5,7-8,15,17H,2,6,9-14H2,1H3/t17-/m0/s1. The quantitative estimate of drug-likeness (QED) is 0.737. The van der Waals surface area contributed by atoms with Crippen molar-refractivity contribution in [1.29, 1.82) is 0 Å². The number of hydrogen-bond donors (Lipinski definition) is 0. The van der Waals surface area contributed by atoms with E-state index in [-0.39, 0.29) is 17.9 Å². The third-order valence-corrected chi connectivity index (χ3v) is 4.98. The zero-order chi connectivity index (χ0) is 19.1. The van der Waals surface area contributed by atoms with E-state index >= 15 is 0 Å². The van der Waals surface area contributed by atoms with Crippen LogP contribution in [0.25, 0.3) is 0 Å². The average Bonchev–Trinajstić information content (AvgIpc) is 3.15. The van der Waals surface area contributed by atoms with E-state index in [1.807, 2.05) is 40.1 Å². The number of rotatable bonds is 7. The fourth-order valence-corrected chi connectivity index (χ4v) is 3.43. The Labute approximate surface area is 159 Å². The van der Waals surface area contributed by atoms with Crippen LogP contribution in [0.15, 0.2) is 36.7 Å². The molecule has 3 rings (SSSR count). The molecule has 2 amide bonds. The van der Waals surface area contributed by atoms with E-state index in [0.717, 1.165) is 12.0 Å². The average molecular weight is 370 g/mol. The Morgan fingerprint density at radius 3 is 2.78 bits per heavy atom. The molecular formula is C19H26N6O2. The van der Waals surface area contributed by atoms with Crippen molar-refractivity contribution < 1.29 is 9.59 Å². The molecule has 1 aromatic carbocycles. The number of amides is 2. The molecule has 1 aromatic heterocycles. The number of carbonyl (C=O) groups is 2. The first-order valence-electron chi connectivity index (χ1n) is 9.49. The van der Waals surface area contributed by atoms with E-state index in [4.69, 9.17) is 0 Å². The third kappa shape index (κ3) is 5.12. The second-order valence-corrected chi connectivity index (χ2v) is 6.84. The second kappa shape index (κ2) is 9.25. The lowest BCUT2D eigenvalue weighted by atomic mass is 10.1. The van der Waals surface area contributed by atoms with Crippen molar-refractivity contribution in [3.8, 4) is 0 Å². The molecule has 27 heavy (non-hydrogen) atoms. The van der Waals surface area contributed by atoms with Crippen molar-refractivity contribution in [2.75, 3.05) is 13.1 Å². The van der Waals surface area contributed by atoms with E-state index in [9.17, 15) is 9.59 Å². The predicted octanol–water partition coefficient (Wildman–Crippen LogP) is 1.49. The van der Waals surface area contributed by atoms with Crippen LogP contribution in [-0.2, 0) is 22.7 Å². The summed E-state index contributed by atoms with van der Waals surface area (Å²) >= 11 is 0. The predicted molar refractivity (Wildman–Crippen MR) is 99.3 cm³/mol. The van der Waals surface area contributed by atoms with Crippen molar-refractivity contribution in [2.45, 2.75) is 51.7 Å². The first kappa shape index (κ1) is 19.0. The zero-order valence-electron chi connectivity index (χ0n) is 15.7. The van der Waals surface area contributed by atoms with Crippen LogP contribution in [0.1, 0.15) is 38.2 Å². The number of carbonyl (C=O) groups excluding carboxylic acids is 2. The summed E-state index contributed by atoms with van der Waals surface area (Å²) in [4.78, 5) is 29.1. The molecule has 1 atom stereocenters. The minimum atomic E-state index is 0.0451. The van der Waals surface area contributed by atoms with Crippen LogP contribution in [0.5, 0.6) is 0 Å². The van der Waals surface area contributed by atoms with E-state index in [2.05, 4.69) is 22.4 Å². The number of benzene rings is 1. The summed E-state index contributed by atoms with van der Waals surface area (Å²) in [7, 11) is 0. The van der Waals surface area contributed by atoms with Gasteiger partial charge in [-0.2, -0.15) is 0 Å². The van der Waals surface area contributed by atoms with Gasteiger partial charge in [0.05, 0.1) is 0 Å². The minimum Gasteiger partial charge on any atom is -0.340 e. The van der Waals surface area contributed by atoms with Crippen LogP contribution in [0, 0.1) is 0 Å². The summed E-state index contributed by atoms with van der Waals surface area (Å²) in [6, 6.07) is 10.1. The van der Waals surface area contributed by atoms with Gasteiger partial charge in [0.2, 0.25) is 11.8 Å². The molecule has 144 valence electrons. The third-order valence-electron chi connectivity index (χ3n) is 4.98. The molecule has 1 aliphatic heterocycles. The fourth-order valence-electron chi connectivity index (χ4n) is 3.43. The Hall–Kier alpha value is -2.77. The Morgan fingerprint density at radius 2 is 2.07 bits per heavy atom. The Kier molecular flexibility index (Phi) is 6.51. The van der Waals surface area contributed by atoms with Crippen LogP contribution in [0.3, 0.4) is 0 Å². The van der Waals surface area contributed by atoms with Gasteiger partial charge in [0.15, 0.2) is 0 Å². The van der Waals surface area contributed by atoms with E-state index in [1.54, 1.807) is 11.0 Å². The Bertz CT molecular complexity index is 734. The van der Waals surface area contributed by atoms with Crippen molar-refractivity contribution in [3.63, 3.8) is 0 Å².